The van der Waals surface area contributed by atoms with Crippen molar-refractivity contribution in [1.29, 1.82) is 0 Å². The predicted octanol–water partition coefficient (Wildman–Crippen LogP) is 4.65. The minimum Gasteiger partial charge on any atom is -0.392 e. The Morgan fingerprint density at radius 2 is 1.90 bits per heavy atom. The van der Waals surface area contributed by atoms with Crippen molar-refractivity contribution in [3.63, 3.8) is 0 Å². The summed E-state index contributed by atoms with van der Waals surface area (Å²) in [5, 5.41) is 15.3. The summed E-state index contributed by atoms with van der Waals surface area (Å²) in [6, 6.07) is 4.50. The number of aromatic nitrogens is 1. The van der Waals surface area contributed by atoms with Crippen LogP contribution in [-0.4, -0.2) is 28.6 Å². The summed E-state index contributed by atoms with van der Waals surface area (Å²) in [4.78, 5) is 16.5. The normalized spacial score (nSPS) is 19.4. The minimum absolute atomic E-state index is 0.00268. The summed E-state index contributed by atoms with van der Waals surface area (Å²) < 4.78 is 38.7. The number of amides is 1. The maximum Gasteiger partial charge on any atom is 0.416 e. The SMILES string of the molecule is O=C(NC1CCC(CNc2cncc(CO)c2)CC1)c1cc(C(F)(F)F)ccc1Cl. The number of anilines is 1. The highest BCUT2D eigenvalue weighted by molar-refractivity contribution is 6.33. The quantitative estimate of drug-likeness (QED) is 0.610. The molecule has 0 atom stereocenters. The third-order valence-corrected chi connectivity index (χ3v) is 5.62. The molecule has 9 heteroatoms. The van der Waals surface area contributed by atoms with Gasteiger partial charge in [0.15, 0.2) is 0 Å². The number of nitrogens with one attached hydrogen (secondary N) is 2. The van der Waals surface area contributed by atoms with E-state index in [0.717, 1.165) is 61.7 Å². The predicted molar refractivity (Wildman–Crippen MR) is 108 cm³/mol. The van der Waals surface area contributed by atoms with Crippen molar-refractivity contribution in [3.05, 3.63) is 58.4 Å². The van der Waals surface area contributed by atoms with Crippen LogP contribution in [0.15, 0.2) is 36.7 Å². The number of carbonyl (C=O) groups is 1. The highest BCUT2D eigenvalue weighted by atomic mass is 35.5. The Morgan fingerprint density at radius 3 is 2.57 bits per heavy atom. The lowest BCUT2D eigenvalue weighted by Crippen LogP contribution is -2.38. The molecule has 2 aromatic rings. The van der Waals surface area contributed by atoms with Crippen LogP contribution in [0.1, 0.15) is 47.2 Å². The van der Waals surface area contributed by atoms with Crippen LogP contribution in [0, 0.1) is 5.92 Å². The summed E-state index contributed by atoms with van der Waals surface area (Å²) in [5.41, 5.74) is 0.522. The van der Waals surface area contributed by atoms with Gasteiger partial charge in [0.25, 0.3) is 5.91 Å². The zero-order valence-corrected chi connectivity index (χ0v) is 16.9. The number of aliphatic hydroxyl groups is 1. The molecule has 30 heavy (non-hydrogen) atoms. The summed E-state index contributed by atoms with van der Waals surface area (Å²) in [7, 11) is 0. The van der Waals surface area contributed by atoms with E-state index in [2.05, 4.69) is 15.6 Å². The molecule has 1 saturated carbocycles. The first kappa shape index (κ1) is 22.4. The molecule has 0 bridgehead atoms. The van der Waals surface area contributed by atoms with Gasteiger partial charge in [-0.05, 0) is 61.4 Å². The van der Waals surface area contributed by atoms with E-state index in [0.29, 0.717) is 5.92 Å². The van der Waals surface area contributed by atoms with Crippen LogP contribution in [0.4, 0.5) is 18.9 Å². The van der Waals surface area contributed by atoms with Gasteiger partial charge in [-0.3, -0.25) is 9.78 Å². The Hall–Kier alpha value is -2.32. The molecule has 0 unspecified atom stereocenters. The second-order valence-electron chi connectivity index (χ2n) is 7.50. The van der Waals surface area contributed by atoms with E-state index in [-0.39, 0.29) is 23.2 Å². The minimum atomic E-state index is -4.53. The van der Waals surface area contributed by atoms with Crippen molar-refractivity contribution in [2.24, 2.45) is 5.92 Å². The van der Waals surface area contributed by atoms with Crippen molar-refractivity contribution in [1.82, 2.24) is 10.3 Å². The average Bonchev–Trinajstić information content (AvgIpc) is 2.73. The van der Waals surface area contributed by atoms with E-state index in [4.69, 9.17) is 16.7 Å². The van der Waals surface area contributed by atoms with Crippen LogP contribution in [0.2, 0.25) is 5.02 Å². The molecule has 0 aliphatic heterocycles. The second kappa shape index (κ2) is 9.66. The van der Waals surface area contributed by atoms with Crippen LogP contribution in [-0.2, 0) is 12.8 Å². The Kier molecular flexibility index (Phi) is 7.20. The number of rotatable bonds is 6. The van der Waals surface area contributed by atoms with Gasteiger partial charge >= 0.3 is 6.18 Å². The summed E-state index contributed by atoms with van der Waals surface area (Å²) in [5.74, 6) is -0.173. The number of aliphatic hydroxyl groups excluding tert-OH is 1. The summed E-state index contributed by atoms with van der Waals surface area (Å²) >= 11 is 5.95. The van der Waals surface area contributed by atoms with Gasteiger partial charge in [0.2, 0.25) is 0 Å². The van der Waals surface area contributed by atoms with Crippen molar-refractivity contribution >= 4 is 23.2 Å². The molecule has 0 spiro atoms. The maximum absolute atomic E-state index is 12.9. The number of nitrogens with zero attached hydrogens (tertiary/aromatic N) is 1. The fraction of sp³-hybridized carbons (Fsp3) is 0.429. The van der Waals surface area contributed by atoms with Crippen LogP contribution in [0.3, 0.4) is 0 Å². The summed E-state index contributed by atoms with van der Waals surface area (Å²) in [6.07, 6.45) is 2.01. The molecule has 1 aromatic carbocycles. The van der Waals surface area contributed by atoms with Gasteiger partial charge in [0.05, 0.1) is 28.4 Å². The molecule has 0 saturated heterocycles. The van der Waals surface area contributed by atoms with Gasteiger partial charge in [-0.15, -0.1) is 0 Å². The molecule has 162 valence electrons. The molecule has 1 fully saturated rings. The smallest absolute Gasteiger partial charge is 0.392 e. The first-order valence-electron chi connectivity index (χ1n) is 9.72. The molecule has 3 rings (SSSR count). The lowest BCUT2D eigenvalue weighted by Gasteiger charge is -2.29. The topological polar surface area (TPSA) is 74.2 Å². The number of benzene rings is 1. The molecule has 3 N–H and O–H groups in total. The first-order chi connectivity index (χ1) is 14.3. The van der Waals surface area contributed by atoms with Crippen molar-refractivity contribution < 1.29 is 23.1 Å². The van der Waals surface area contributed by atoms with Crippen molar-refractivity contribution in [3.8, 4) is 0 Å². The van der Waals surface area contributed by atoms with E-state index >= 15 is 0 Å². The molecule has 1 amide bonds. The molecule has 1 aliphatic carbocycles. The molecule has 5 nitrogen and oxygen atoms in total. The number of hydrogen-bond acceptors (Lipinski definition) is 4. The van der Waals surface area contributed by atoms with Gasteiger partial charge in [0.1, 0.15) is 0 Å². The number of halogens is 4. The fourth-order valence-corrected chi connectivity index (χ4v) is 3.79. The largest absolute Gasteiger partial charge is 0.416 e. The van der Waals surface area contributed by atoms with Gasteiger partial charge in [0, 0.05) is 25.0 Å². The lowest BCUT2D eigenvalue weighted by atomic mass is 9.86. The van der Waals surface area contributed by atoms with Crippen LogP contribution in [0.5, 0.6) is 0 Å². The van der Waals surface area contributed by atoms with Crippen LogP contribution >= 0.6 is 11.6 Å². The van der Waals surface area contributed by atoms with E-state index in [1.807, 2.05) is 6.07 Å². The van der Waals surface area contributed by atoms with E-state index < -0.39 is 17.6 Å². The number of carbonyl (C=O) groups excluding carboxylic acids is 1. The fourth-order valence-electron chi connectivity index (χ4n) is 3.58. The van der Waals surface area contributed by atoms with Crippen LogP contribution < -0.4 is 10.6 Å². The average molecular weight is 442 g/mol. The second-order valence-corrected chi connectivity index (χ2v) is 7.91. The Bertz CT molecular complexity index is 884. The third kappa shape index (κ3) is 5.86. The monoisotopic (exact) mass is 441 g/mol. The van der Waals surface area contributed by atoms with Gasteiger partial charge in [-0.2, -0.15) is 13.2 Å². The van der Waals surface area contributed by atoms with Gasteiger partial charge in [-0.1, -0.05) is 11.6 Å². The summed E-state index contributed by atoms with van der Waals surface area (Å²) in [6.45, 7) is 0.680. The Balaban J connectivity index is 1.50. The molecule has 0 radical (unpaired) electrons. The first-order valence-corrected chi connectivity index (χ1v) is 10.1. The van der Waals surface area contributed by atoms with Crippen LogP contribution in [0.25, 0.3) is 0 Å². The number of pyridine rings is 1. The Morgan fingerprint density at radius 1 is 1.17 bits per heavy atom. The number of alkyl halides is 3. The standard InChI is InChI=1S/C21H23ClF3N3O2/c22-19-6-3-15(21(23,24)25)8-18(19)20(30)28-16-4-1-13(2-5-16)10-27-17-7-14(12-29)9-26-11-17/h3,6-9,11,13,16,27,29H,1-2,4-5,10,12H2,(H,28,30). The highest BCUT2D eigenvalue weighted by Crippen LogP contribution is 2.32. The van der Waals surface area contributed by atoms with E-state index in [9.17, 15) is 18.0 Å². The van der Waals surface area contributed by atoms with Crippen molar-refractivity contribution in [2.45, 2.75) is 44.5 Å². The van der Waals surface area contributed by atoms with Gasteiger partial charge < -0.3 is 15.7 Å². The van der Waals surface area contributed by atoms with E-state index in [1.54, 1.807) is 12.4 Å². The van der Waals surface area contributed by atoms with Gasteiger partial charge in [-0.25, -0.2) is 0 Å². The molecular weight excluding hydrogens is 419 g/mol. The van der Waals surface area contributed by atoms with E-state index in [1.165, 1.54) is 0 Å². The zero-order chi connectivity index (χ0) is 21.7. The number of hydrogen-bond donors (Lipinski definition) is 3. The molecule has 1 heterocycles. The molecular formula is C21H23ClF3N3O2. The third-order valence-electron chi connectivity index (χ3n) is 5.29. The lowest BCUT2D eigenvalue weighted by molar-refractivity contribution is -0.137. The highest BCUT2D eigenvalue weighted by Gasteiger charge is 2.32. The maximum atomic E-state index is 12.9. The van der Waals surface area contributed by atoms with Crippen molar-refractivity contribution in [2.75, 3.05) is 11.9 Å². The molecule has 1 aliphatic rings. The zero-order valence-electron chi connectivity index (χ0n) is 16.2. The Labute approximate surface area is 177 Å². The molecule has 1 aromatic heterocycles.